The zero-order chi connectivity index (χ0) is 17.9. The fourth-order valence-corrected chi connectivity index (χ4v) is 3.72. The normalized spacial score (nSPS) is 15.3. The number of nitrogens with one attached hydrogen (secondary N) is 1. The number of amides is 1. The van der Waals surface area contributed by atoms with Gasteiger partial charge in [0.15, 0.2) is 0 Å². The summed E-state index contributed by atoms with van der Waals surface area (Å²) >= 11 is 0. The number of nitrogens with zero attached hydrogens (tertiary/aromatic N) is 2. The van der Waals surface area contributed by atoms with Gasteiger partial charge in [0.2, 0.25) is 0 Å². The molecule has 5 nitrogen and oxygen atoms in total. The molecule has 0 saturated carbocycles. The molecule has 26 heavy (non-hydrogen) atoms. The van der Waals surface area contributed by atoms with Gasteiger partial charge in [-0.15, -0.1) is 0 Å². The number of H-pyrrole nitrogens is 1. The highest BCUT2D eigenvalue weighted by molar-refractivity contribution is 5.94. The highest BCUT2D eigenvalue weighted by Gasteiger charge is 2.26. The van der Waals surface area contributed by atoms with Crippen LogP contribution in [0.25, 0.3) is 11.0 Å². The number of hydrogen-bond donors (Lipinski definition) is 1. The van der Waals surface area contributed by atoms with Gasteiger partial charge in [0.25, 0.3) is 5.91 Å². The lowest BCUT2D eigenvalue weighted by atomic mass is 9.90. The number of carbonyl (C=O) groups is 1. The number of piperidine rings is 1. The average molecular weight is 349 g/mol. The van der Waals surface area contributed by atoms with E-state index in [4.69, 9.17) is 4.74 Å². The number of aromatic amines is 1. The van der Waals surface area contributed by atoms with E-state index in [2.05, 4.69) is 22.2 Å². The van der Waals surface area contributed by atoms with Crippen molar-refractivity contribution in [3.63, 3.8) is 0 Å². The Morgan fingerprint density at radius 3 is 2.73 bits per heavy atom. The first kappa shape index (κ1) is 16.6. The minimum absolute atomic E-state index is 0.101. The zero-order valence-corrected chi connectivity index (χ0v) is 14.9. The average Bonchev–Trinajstić information content (AvgIpc) is 3.13. The van der Waals surface area contributed by atoms with Crippen LogP contribution < -0.4 is 4.74 Å². The Balaban J connectivity index is 1.42. The van der Waals surface area contributed by atoms with E-state index in [9.17, 15) is 4.79 Å². The Morgan fingerprint density at radius 2 is 2.00 bits per heavy atom. The molecule has 1 N–H and O–H groups in total. The topological polar surface area (TPSA) is 58.2 Å². The maximum atomic E-state index is 12.7. The summed E-state index contributed by atoms with van der Waals surface area (Å²) in [6.07, 6.45) is 5.84. The fourth-order valence-electron chi connectivity index (χ4n) is 3.72. The molecule has 0 aliphatic carbocycles. The molecule has 1 aliphatic rings. The summed E-state index contributed by atoms with van der Waals surface area (Å²) < 4.78 is 5.44. The van der Waals surface area contributed by atoms with Crippen molar-refractivity contribution in [2.24, 2.45) is 0 Å². The maximum Gasteiger partial charge on any atom is 0.253 e. The van der Waals surface area contributed by atoms with Crippen molar-refractivity contribution in [3.8, 4) is 5.75 Å². The van der Waals surface area contributed by atoms with E-state index in [-0.39, 0.29) is 5.91 Å². The first-order valence-corrected chi connectivity index (χ1v) is 9.20. The highest BCUT2D eigenvalue weighted by atomic mass is 16.5. The van der Waals surface area contributed by atoms with Gasteiger partial charge in [0.05, 0.1) is 17.6 Å². The van der Waals surface area contributed by atoms with Crippen LogP contribution in [0.5, 0.6) is 5.75 Å². The second-order valence-electron chi connectivity index (χ2n) is 6.67. The van der Waals surface area contributed by atoms with Gasteiger partial charge in [-0.3, -0.25) is 9.78 Å². The molecule has 1 amide bonds. The molecule has 0 atom stereocenters. The number of benzene rings is 1. The molecule has 1 saturated heterocycles. The summed E-state index contributed by atoms with van der Waals surface area (Å²) in [5.74, 6) is 1.35. The standard InChI is InChI=1S/C21H23N3O2/c1-2-26-17-7-5-16(6-8-17)21(25)24-12-9-15(10-13-24)18-14-23-19-4-3-11-22-20(18)19/h3-8,11,14-15,23H,2,9-10,12-13H2,1H3. The van der Waals surface area contributed by atoms with Crippen LogP contribution in [0.1, 0.15) is 41.6 Å². The monoisotopic (exact) mass is 349 g/mol. The molecule has 2 aromatic heterocycles. The second kappa shape index (κ2) is 7.20. The number of fused-ring (bicyclic) bond motifs is 1. The molecule has 1 aromatic carbocycles. The summed E-state index contributed by atoms with van der Waals surface area (Å²) in [4.78, 5) is 22.5. The van der Waals surface area contributed by atoms with Crippen molar-refractivity contribution < 1.29 is 9.53 Å². The summed E-state index contributed by atoms with van der Waals surface area (Å²) in [7, 11) is 0. The van der Waals surface area contributed by atoms with Crippen molar-refractivity contribution in [1.29, 1.82) is 0 Å². The zero-order valence-electron chi connectivity index (χ0n) is 14.9. The van der Waals surface area contributed by atoms with Gasteiger partial charge in [0.1, 0.15) is 5.75 Å². The van der Waals surface area contributed by atoms with Crippen molar-refractivity contribution in [1.82, 2.24) is 14.9 Å². The minimum Gasteiger partial charge on any atom is -0.494 e. The van der Waals surface area contributed by atoms with E-state index in [1.54, 1.807) is 0 Å². The smallest absolute Gasteiger partial charge is 0.253 e. The number of ether oxygens (including phenoxy) is 1. The predicted molar refractivity (Wildman–Crippen MR) is 102 cm³/mol. The SMILES string of the molecule is CCOc1ccc(C(=O)N2CCC(c3c[nH]c4cccnc34)CC2)cc1. The summed E-state index contributed by atoms with van der Waals surface area (Å²) in [6.45, 7) is 4.13. The van der Waals surface area contributed by atoms with E-state index >= 15 is 0 Å². The van der Waals surface area contributed by atoms with Crippen LogP contribution in [0.15, 0.2) is 48.8 Å². The molecule has 1 fully saturated rings. The number of hydrogen-bond acceptors (Lipinski definition) is 3. The summed E-state index contributed by atoms with van der Waals surface area (Å²) in [5.41, 5.74) is 4.13. The summed E-state index contributed by atoms with van der Waals surface area (Å²) in [6, 6.07) is 11.4. The first-order valence-electron chi connectivity index (χ1n) is 9.20. The van der Waals surface area contributed by atoms with E-state index in [1.807, 2.05) is 48.4 Å². The van der Waals surface area contributed by atoms with Gasteiger partial charge < -0.3 is 14.6 Å². The fraction of sp³-hybridized carbons (Fsp3) is 0.333. The molecule has 5 heteroatoms. The van der Waals surface area contributed by atoms with Gasteiger partial charge in [0, 0.05) is 31.0 Å². The lowest BCUT2D eigenvalue weighted by Gasteiger charge is -2.32. The van der Waals surface area contributed by atoms with Crippen LogP contribution in [0, 0.1) is 0 Å². The third kappa shape index (κ3) is 3.17. The largest absolute Gasteiger partial charge is 0.494 e. The first-order chi connectivity index (χ1) is 12.8. The Bertz CT molecular complexity index is 893. The molecule has 0 bridgehead atoms. The second-order valence-corrected chi connectivity index (χ2v) is 6.67. The number of likely N-dealkylation sites (tertiary alicyclic amines) is 1. The van der Waals surface area contributed by atoms with E-state index in [0.717, 1.165) is 48.3 Å². The molecule has 3 heterocycles. The Hall–Kier alpha value is -2.82. The minimum atomic E-state index is 0.101. The van der Waals surface area contributed by atoms with Crippen LogP contribution >= 0.6 is 0 Å². The number of pyridine rings is 1. The lowest BCUT2D eigenvalue weighted by Crippen LogP contribution is -2.37. The van der Waals surface area contributed by atoms with E-state index in [0.29, 0.717) is 12.5 Å². The number of carbonyl (C=O) groups excluding carboxylic acids is 1. The number of aromatic nitrogens is 2. The molecule has 0 radical (unpaired) electrons. The van der Waals surface area contributed by atoms with E-state index < -0.39 is 0 Å². The molecular formula is C21H23N3O2. The predicted octanol–water partition coefficient (Wildman–Crippen LogP) is 3.98. The van der Waals surface area contributed by atoms with Crippen molar-refractivity contribution in [2.45, 2.75) is 25.7 Å². The van der Waals surface area contributed by atoms with Gasteiger partial charge >= 0.3 is 0 Å². The molecular weight excluding hydrogens is 326 g/mol. The lowest BCUT2D eigenvalue weighted by molar-refractivity contribution is 0.0713. The van der Waals surface area contributed by atoms with Crippen LogP contribution in [0.4, 0.5) is 0 Å². The van der Waals surface area contributed by atoms with Crippen molar-refractivity contribution in [2.75, 3.05) is 19.7 Å². The third-order valence-electron chi connectivity index (χ3n) is 5.10. The van der Waals surface area contributed by atoms with Gasteiger partial charge in [-0.1, -0.05) is 0 Å². The van der Waals surface area contributed by atoms with Gasteiger partial charge in [-0.25, -0.2) is 0 Å². The molecule has 0 spiro atoms. The van der Waals surface area contributed by atoms with Crippen LogP contribution in [-0.2, 0) is 0 Å². The van der Waals surface area contributed by atoms with E-state index in [1.165, 1.54) is 5.56 Å². The maximum absolute atomic E-state index is 12.7. The highest BCUT2D eigenvalue weighted by Crippen LogP contribution is 2.32. The Labute approximate surface area is 153 Å². The van der Waals surface area contributed by atoms with Crippen LogP contribution in [0.2, 0.25) is 0 Å². The Morgan fingerprint density at radius 1 is 1.23 bits per heavy atom. The van der Waals surface area contributed by atoms with Crippen molar-refractivity contribution >= 4 is 16.9 Å². The third-order valence-corrected chi connectivity index (χ3v) is 5.10. The Kier molecular flexibility index (Phi) is 4.61. The van der Waals surface area contributed by atoms with Gasteiger partial charge in [-0.2, -0.15) is 0 Å². The number of rotatable bonds is 4. The van der Waals surface area contributed by atoms with Gasteiger partial charge in [-0.05, 0) is 67.6 Å². The molecule has 134 valence electrons. The molecule has 4 rings (SSSR count). The quantitative estimate of drug-likeness (QED) is 0.775. The molecule has 0 unspecified atom stereocenters. The van der Waals surface area contributed by atoms with Crippen molar-refractivity contribution in [3.05, 3.63) is 59.9 Å². The van der Waals surface area contributed by atoms with Crippen LogP contribution in [-0.4, -0.2) is 40.5 Å². The summed E-state index contributed by atoms with van der Waals surface area (Å²) in [5, 5.41) is 0. The molecule has 1 aliphatic heterocycles. The molecule has 3 aromatic rings. The van der Waals surface area contributed by atoms with Crippen LogP contribution in [0.3, 0.4) is 0 Å².